The second-order valence-corrected chi connectivity index (χ2v) is 8.53. The molecule has 35 heavy (non-hydrogen) atoms. The second-order valence-electron chi connectivity index (χ2n) is 8.53. The molecule has 2 unspecified atom stereocenters. The molecule has 2 amide bonds. The molecule has 1 aliphatic heterocycles. The number of rotatable bonds is 8. The lowest BCUT2D eigenvalue weighted by atomic mass is 9.73. The Balaban J connectivity index is 1.46. The van der Waals surface area contributed by atoms with Crippen LogP contribution >= 0.6 is 0 Å². The fourth-order valence-corrected chi connectivity index (χ4v) is 4.40. The molecule has 2 aromatic carbocycles. The fourth-order valence-electron chi connectivity index (χ4n) is 4.40. The number of carbonyl (C=O) groups excluding carboxylic acids is 3. The summed E-state index contributed by atoms with van der Waals surface area (Å²) in [5, 5.41) is 19.0. The van der Waals surface area contributed by atoms with Gasteiger partial charge in [-0.05, 0) is 42.0 Å². The van der Waals surface area contributed by atoms with Crippen molar-refractivity contribution in [3.05, 3.63) is 89.5 Å². The van der Waals surface area contributed by atoms with E-state index in [1.54, 1.807) is 36.4 Å². The lowest BCUT2D eigenvalue weighted by Gasteiger charge is -2.27. The molecule has 0 bridgehead atoms. The van der Waals surface area contributed by atoms with E-state index < -0.39 is 34.9 Å². The van der Waals surface area contributed by atoms with Gasteiger partial charge in [0.05, 0.1) is 17.0 Å². The minimum atomic E-state index is -1.35. The molecule has 0 saturated heterocycles. The van der Waals surface area contributed by atoms with Crippen molar-refractivity contribution >= 4 is 29.1 Å². The monoisotopic (exact) mass is 469 g/mol. The lowest BCUT2D eigenvalue weighted by Crippen LogP contribution is -2.35. The lowest BCUT2D eigenvalue weighted by molar-refractivity contribution is -0.144. The van der Waals surface area contributed by atoms with E-state index in [2.05, 4.69) is 5.92 Å². The van der Waals surface area contributed by atoms with Crippen LogP contribution in [-0.4, -0.2) is 45.2 Å². The topological polar surface area (TPSA) is 112 Å². The van der Waals surface area contributed by atoms with E-state index in [9.17, 15) is 29.4 Å². The van der Waals surface area contributed by atoms with Crippen LogP contribution in [0.5, 0.6) is 0 Å². The summed E-state index contributed by atoms with van der Waals surface area (Å²) in [4.78, 5) is 51.4. The number of aliphatic carboxylic acids is 1. The van der Waals surface area contributed by atoms with Gasteiger partial charge in [-0.1, -0.05) is 60.7 Å². The molecule has 7 heteroatoms. The molecule has 2 aromatic rings. The molecule has 176 valence electrons. The maximum atomic E-state index is 13.3. The Labute approximate surface area is 202 Å². The first-order valence-electron chi connectivity index (χ1n) is 11.2. The molecule has 1 aliphatic carbocycles. The van der Waals surface area contributed by atoms with Crippen LogP contribution in [0, 0.1) is 23.4 Å². The molecule has 4 rings (SSSR count). The number of amides is 2. The third-order valence-electron chi connectivity index (χ3n) is 6.44. The normalized spacial score (nSPS) is 19.4. The Morgan fingerprint density at radius 2 is 1.63 bits per heavy atom. The van der Waals surface area contributed by atoms with Crippen molar-refractivity contribution in [1.82, 2.24) is 4.90 Å². The number of carboxylic acid groups (broad SMARTS) is 1. The zero-order chi connectivity index (χ0) is 25.0. The van der Waals surface area contributed by atoms with Gasteiger partial charge in [0.25, 0.3) is 11.8 Å². The molecule has 0 aromatic heterocycles. The average molecular weight is 469 g/mol. The van der Waals surface area contributed by atoms with E-state index >= 15 is 0 Å². The van der Waals surface area contributed by atoms with Crippen LogP contribution in [0.1, 0.15) is 45.5 Å². The summed E-state index contributed by atoms with van der Waals surface area (Å²) < 4.78 is 0. The number of aliphatic hydroxyl groups is 1. The zero-order valence-electron chi connectivity index (χ0n) is 18.8. The number of aliphatic hydroxyl groups excluding tert-OH is 1. The molecule has 7 nitrogen and oxygen atoms in total. The van der Waals surface area contributed by atoms with Gasteiger partial charge >= 0.3 is 5.97 Å². The number of fused-ring (bicyclic) bond motifs is 1. The van der Waals surface area contributed by atoms with Gasteiger partial charge in [-0.15, -0.1) is 0 Å². The quantitative estimate of drug-likeness (QED) is 0.450. The van der Waals surface area contributed by atoms with Gasteiger partial charge < -0.3 is 10.2 Å². The summed E-state index contributed by atoms with van der Waals surface area (Å²) in [6.45, 7) is -0.122. The zero-order valence-corrected chi connectivity index (χ0v) is 18.8. The molecule has 2 atom stereocenters. The summed E-state index contributed by atoms with van der Waals surface area (Å²) >= 11 is 0. The Morgan fingerprint density at radius 3 is 2.17 bits per heavy atom. The molecule has 1 heterocycles. The summed E-state index contributed by atoms with van der Waals surface area (Å²) in [7, 11) is 0. The number of carbonyl (C=O) groups is 4. The highest BCUT2D eigenvalue weighted by molar-refractivity contribution is 6.21. The summed E-state index contributed by atoms with van der Waals surface area (Å²) in [6, 6.07) is 16.0. The number of hydrogen-bond acceptors (Lipinski definition) is 5. The SMILES string of the molecule is O=C(O)C(CCN1C(=O)c2ccccc2C1=O)CC(=O)C1(C#CO)C=CC(c2ccccc2)=CC1. The van der Waals surface area contributed by atoms with E-state index in [0.717, 1.165) is 16.0 Å². The van der Waals surface area contributed by atoms with Crippen molar-refractivity contribution in [2.45, 2.75) is 19.3 Å². The number of Topliss-reactive ketones (excluding diaryl/α,β-unsaturated/α-hetero) is 1. The van der Waals surface area contributed by atoms with Gasteiger partial charge in [0, 0.05) is 13.0 Å². The third kappa shape index (κ3) is 4.64. The van der Waals surface area contributed by atoms with Crippen LogP contribution in [0.2, 0.25) is 0 Å². The van der Waals surface area contributed by atoms with Gasteiger partial charge in [0.2, 0.25) is 0 Å². The Bertz CT molecular complexity index is 1280. The highest BCUT2D eigenvalue weighted by atomic mass is 16.4. The Kier molecular flexibility index (Phi) is 6.65. The van der Waals surface area contributed by atoms with Crippen LogP contribution in [0.4, 0.5) is 0 Å². The van der Waals surface area contributed by atoms with Gasteiger partial charge in [-0.25, -0.2) is 0 Å². The van der Waals surface area contributed by atoms with Crippen molar-refractivity contribution in [1.29, 1.82) is 0 Å². The van der Waals surface area contributed by atoms with Gasteiger partial charge in [-0.2, -0.15) is 0 Å². The summed E-state index contributed by atoms with van der Waals surface area (Å²) in [5.74, 6) is -1.18. The van der Waals surface area contributed by atoms with Gasteiger partial charge in [0.1, 0.15) is 11.5 Å². The van der Waals surface area contributed by atoms with Gasteiger partial charge in [-0.3, -0.25) is 24.1 Å². The summed E-state index contributed by atoms with van der Waals surface area (Å²) in [5.41, 5.74) is 1.08. The maximum Gasteiger partial charge on any atom is 0.307 e. The molecule has 0 radical (unpaired) electrons. The fraction of sp³-hybridized carbons (Fsp3) is 0.214. The number of benzene rings is 2. The van der Waals surface area contributed by atoms with Crippen molar-refractivity contribution < 1.29 is 29.4 Å². The van der Waals surface area contributed by atoms with Crippen LogP contribution in [0.25, 0.3) is 5.57 Å². The van der Waals surface area contributed by atoms with Crippen LogP contribution < -0.4 is 0 Å². The molecule has 0 fully saturated rings. The highest BCUT2D eigenvalue weighted by Crippen LogP contribution is 2.36. The first kappa shape index (κ1) is 23.7. The Morgan fingerprint density at radius 1 is 1.00 bits per heavy atom. The molecule has 2 N–H and O–H groups in total. The molecular weight excluding hydrogens is 446 g/mol. The van der Waals surface area contributed by atoms with Gasteiger partial charge in [0.15, 0.2) is 5.78 Å². The van der Waals surface area contributed by atoms with Crippen molar-refractivity contribution in [2.24, 2.45) is 11.3 Å². The molecular formula is C28H23NO6. The van der Waals surface area contributed by atoms with E-state index in [4.69, 9.17) is 0 Å². The van der Waals surface area contributed by atoms with E-state index in [-0.39, 0.29) is 36.9 Å². The van der Waals surface area contributed by atoms with E-state index in [0.29, 0.717) is 0 Å². The number of ketones is 1. The number of nitrogens with zero attached hydrogens (tertiary/aromatic N) is 1. The third-order valence-corrected chi connectivity index (χ3v) is 6.44. The van der Waals surface area contributed by atoms with E-state index in [1.165, 1.54) is 0 Å². The predicted octanol–water partition coefficient (Wildman–Crippen LogP) is 3.70. The first-order chi connectivity index (χ1) is 16.9. The van der Waals surface area contributed by atoms with Crippen LogP contribution in [0.15, 0.2) is 72.8 Å². The minimum Gasteiger partial charge on any atom is -0.481 e. The maximum absolute atomic E-state index is 13.3. The van der Waals surface area contributed by atoms with Crippen molar-refractivity contribution in [2.75, 3.05) is 6.54 Å². The van der Waals surface area contributed by atoms with Crippen LogP contribution in [0.3, 0.4) is 0 Å². The second kappa shape index (κ2) is 9.82. The number of hydrogen-bond donors (Lipinski definition) is 2. The van der Waals surface area contributed by atoms with Crippen molar-refractivity contribution in [3.63, 3.8) is 0 Å². The molecule has 0 saturated carbocycles. The predicted molar refractivity (Wildman–Crippen MR) is 127 cm³/mol. The van der Waals surface area contributed by atoms with Crippen LogP contribution in [-0.2, 0) is 9.59 Å². The smallest absolute Gasteiger partial charge is 0.307 e. The van der Waals surface area contributed by atoms with Crippen molar-refractivity contribution in [3.8, 4) is 12.0 Å². The number of carboxylic acids is 1. The highest BCUT2D eigenvalue weighted by Gasteiger charge is 2.39. The number of imide groups is 1. The Hall–Kier alpha value is -4.44. The minimum absolute atomic E-state index is 0.0794. The number of allylic oxidation sites excluding steroid dienone is 4. The summed E-state index contributed by atoms with van der Waals surface area (Å²) in [6.07, 6.45) is 6.76. The average Bonchev–Trinajstić information content (AvgIpc) is 3.12. The van der Waals surface area contributed by atoms with E-state index in [1.807, 2.05) is 42.5 Å². The first-order valence-corrected chi connectivity index (χ1v) is 11.2. The molecule has 0 spiro atoms. The standard InChI is InChI=1S/C28H23NO6/c30-17-15-28(13-10-20(11-14-28)19-6-2-1-3-7-19)24(31)18-21(27(34)35)12-16-29-25(32)22-8-4-5-9-23(22)26(29)33/h1-11,13,21,30H,12,14,16,18H2,(H,34,35). The largest absolute Gasteiger partial charge is 0.481 e. The molecule has 2 aliphatic rings.